The van der Waals surface area contributed by atoms with E-state index in [-0.39, 0.29) is 5.69 Å². The van der Waals surface area contributed by atoms with Crippen molar-refractivity contribution < 1.29 is 9.47 Å². The Hall–Kier alpha value is -3.74. The molecular formula is C23H24N4O3. The van der Waals surface area contributed by atoms with E-state index in [9.17, 15) is 4.79 Å². The van der Waals surface area contributed by atoms with E-state index in [0.717, 1.165) is 39.3 Å². The molecule has 0 fully saturated rings. The van der Waals surface area contributed by atoms with Crippen LogP contribution in [0.3, 0.4) is 0 Å². The van der Waals surface area contributed by atoms with Gasteiger partial charge in [-0.1, -0.05) is 18.2 Å². The number of ether oxygens (including phenoxy) is 2. The SMILES string of the molecule is COc1ccc(-c2cc(OCc3c(C)cccc3-n3[nH]n(C)c3=O)ccc2C)cn1. The molecule has 2 aromatic carbocycles. The molecule has 4 aromatic rings. The molecule has 0 aliphatic heterocycles. The van der Waals surface area contributed by atoms with Crippen LogP contribution >= 0.6 is 0 Å². The Balaban J connectivity index is 1.61. The molecule has 154 valence electrons. The van der Waals surface area contributed by atoms with Crippen LogP contribution in [-0.4, -0.2) is 26.7 Å². The standard InChI is InChI=1S/C23H24N4O3/c1-15-6-5-7-21(27-23(28)26(3)25-27)20(15)14-30-18-10-8-16(2)19(12-18)17-9-11-22(29-4)24-13-17/h5-13,25H,14H2,1-4H3. The van der Waals surface area contributed by atoms with E-state index in [2.05, 4.69) is 17.1 Å². The molecule has 0 unspecified atom stereocenters. The van der Waals surface area contributed by atoms with Crippen LogP contribution in [0, 0.1) is 13.8 Å². The molecule has 0 saturated carbocycles. The molecule has 4 rings (SSSR count). The molecule has 30 heavy (non-hydrogen) atoms. The van der Waals surface area contributed by atoms with Gasteiger partial charge in [0, 0.05) is 30.4 Å². The van der Waals surface area contributed by atoms with Crippen molar-refractivity contribution in [2.24, 2.45) is 7.05 Å². The van der Waals surface area contributed by atoms with Crippen molar-refractivity contribution in [3.8, 4) is 28.4 Å². The minimum atomic E-state index is -0.105. The van der Waals surface area contributed by atoms with Crippen LogP contribution in [0.1, 0.15) is 16.7 Å². The number of pyridine rings is 1. The lowest BCUT2D eigenvalue weighted by Crippen LogP contribution is -2.40. The third kappa shape index (κ3) is 3.61. The lowest BCUT2D eigenvalue weighted by atomic mass is 10.0. The normalized spacial score (nSPS) is 10.9. The van der Waals surface area contributed by atoms with Crippen molar-refractivity contribution in [3.05, 3.63) is 81.9 Å². The lowest BCUT2D eigenvalue weighted by Gasteiger charge is -2.19. The quantitative estimate of drug-likeness (QED) is 0.531. The summed E-state index contributed by atoms with van der Waals surface area (Å²) in [6.07, 6.45) is 1.79. The van der Waals surface area contributed by atoms with Crippen LogP contribution in [0.15, 0.2) is 59.5 Å². The Morgan fingerprint density at radius 1 is 1.07 bits per heavy atom. The van der Waals surface area contributed by atoms with E-state index in [1.54, 1.807) is 20.4 Å². The highest BCUT2D eigenvalue weighted by Crippen LogP contribution is 2.29. The fourth-order valence-electron chi connectivity index (χ4n) is 3.40. The number of nitrogens with zero attached hydrogens (tertiary/aromatic N) is 3. The molecule has 0 spiro atoms. The molecule has 7 nitrogen and oxygen atoms in total. The van der Waals surface area contributed by atoms with Crippen molar-refractivity contribution >= 4 is 0 Å². The maximum atomic E-state index is 12.1. The largest absolute Gasteiger partial charge is 0.489 e. The van der Waals surface area contributed by atoms with Crippen molar-refractivity contribution in [2.45, 2.75) is 20.5 Å². The Labute approximate surface area is 174 Å². The number of rotatable bonds is 6. The first kappa shape index (κ1) is 19.6. The molecular weight excluding hydrogens is 380 g/mol. The highest BCUT2D eigenvalue weighted by atomic mass is 16.5. The minimum absolute atomic E-state index is 0.105. The highest BCUT2D eigenvalue weighted by Gasteiger charge is 2.14. The Bertz CT molecular complexity index is 1230. The first-order valence-electron chi connectivity index (χ1n) is 9.64. The molecule has 2 aromatic heterocycles. The van der Waals surface area contributed by atoms with Gasteiger partial charge in [-0.15, -0.1) is 0 Å². The maximum absolute atomic E-state index is 12.1. The van der Waals surface area contributed by atoms with Crippen LogP contribution in [-0.2, 0) is 13.7 Å². The molecule has 0 aliphatic rings. The number of aromatic amines is 1. The van der Waals surface area contributed by atoms with Crippen LogP contribution in [0.5, 0.6) is 11.6 Å². The molecule has 0 atom stereocenters. The van der Waals surface area contributed by atoms with Gasteiger partial charge >= 0.3 is 5.69 Å². The van der Waals surface area contributed by atoms with Crippen LogP contribution in [0.25, 0.3) is 16.8 Å². The number of benzene rings is 2. The monoisotopic (exact) mass is 404 g/mol. The highest BCUT2D eigenvalue weighted by molar-refractivity contribution is 5.68. The van der Waals surface area contributed by atoms with Gasteiger partial charge in [0.1, 0.15) is 12.4 Å². The van der Waals surface area contributed by atoms with Crippen molar-refractivity contribution in [1.29, 1.82) is 0 Å². The van der Waals surface area contributed by atoms with Crippen LogP contribution < -0.4 is 15.2 Å². The fraction of sp³-hybridized carbons (Fsp3) is 0.217. The smallest absolute Gasteiger partial charge is 0.364 e. The second-order valence-corrected chi connectivity index (χ2v) is 7.20. The summed E-state index contributed by atoms with van der Waals surface area (Å²) in [5.74, 6) is 1.33. The van der Waals surface area contributed by atoms with E-state index < -0.39 is 0 Å². The van der Waals surface area contributed by atoms with Gasteiger partial charge < -0.3 is 9.47 Å². The van der Waals surface area contributed by atoms with E-state index in [4.69, 9.17) is 9.47 Å². The zero-order chi connectivity index (χ0) is 21.3. The van der Waals surface area contributed by atoms with Gasteiger partial charge in [-0.3, -0.25) is 0 Å². The third-order valence-electron chi connectivity index (χ3n) is 5.20. The lowest BCUT2D eigenvalue weighted by molar-refractivity contribution is 0.303. The molecule has 7 heteroatoms. The summed E-state index contributed by atoms with van der Waals surface area (Å²) in [5.41, 5.74) is 5.88. The summed E-state index contributed by atoms with van der Waals surface area (Å²) < 4.78 is 14.2. The number of methoxy groups -OCH3 is 1. The molecule has 2 heterocycles. The maximum Gasteiger partial charge on any atom is 0.364 e. The van der Waals surface area contributed by atoms with Gasteiger partial charge in [-0.25, -0.2) is 19.7 Å². The molecule has 0 amide bonds. The fourth-order valence-corrected chi connectivity index (χ4v) is 3.40. The Morgan fingerprint density at radius 3 is 2.57 bits per heavy atom. The van der Waals surface area contributed by atoms with Gasteiger partial charge in [0.05, 0.1) is 12.8 Å². The van der Waals surface area contributed by atoms with Crippen molar-refractivity contribution in [3.63, 3.8) is 0 Å². The average Bonchev–Trinajstić information content (AvgIpc) is 2.77. The van der Waals surface area contributed by atoms with Gasteiger partial charge in [-0.2, -0.15) is 4.68 Å². The predicted octanol–water partition coefficient (Wildman–Crippen LogP) is 3.77. The van der Waals surface area contributed by atoms with Gasteiger partial charge in [0.15, 0.2) is 0 Å². The number of hydrogen-bond acceptors (Lipinski definition) is 4. The van der Waals surface area contributed by atoms with E-state index >= 15 is 0 Å². The number of nitrogens with one attached hydrogen (secondary N) is 1. The summed E-state index contributed by atoms with van der Waals surface area (Å²) in [6.45, 7) is 4.42. The molecule has 0 saturated heterocycles. The van der Waals surface area contributed by atoms with Gasteiger partial charge in [0.25, 0.3) is 0 Å². The van der Waals surface area contributed by atoms with Crippen molar-refractivity contribution in [1.82, 2.24) is 19.6 Å². The third-order valence-corrected chi connectivity index (χ3v) is 5.20. The number of hydrogen-bond donors (Lipinski definition) is 1. The minimum Gasteiger partial charge on any atom is -0.489 e. The van der Waals surface area contributed by atoms with E-state index in [1.165, 1.54) is 9.36 Å². The van der Waals surface area contributed by atoms with Gasteiger partial charge in [-0.05, 0) is 54.8 Å². The zero-order valence-corrected chi connectivity index (χ0v) is 17.5. The Kier molecular flexibility index (Phi) is 5.18. The summed E-state index contributed by atoms with van der Waals surface area (Å²) >= 11 is 0. The predicted molar refractivity (Wildman–Crippen MR) is 115 cm³/mol. The second-order valence-electron chi connectivity index (χ2n) is 7.20. The first-order valence-corrected chi connectivity index (χ1v) is 9.64. The number of aromatic nitrogens is 4. The summed E-state index contributed by atoms with van der Waals surface area (Å²) in [5, 5.41) is 2.97. The molecule has 1 N–H and O–H groups in total. The topological polar surface area (TPSA) is 74.1 Å². The summed E-state index contributed by atoms with van der Waals surface area (Å²) in [7, 11) is 3.29. The van der Waals surface area contributed by atoms with Crippen LogP contribution in [0.4, 0.5) is 0 Å². The second kappa shape index (κ2) is 7.94. The van der Waals surface area contributed by atoms with E-state index in [1.807, 2.05) is 55.5 Å². The molecule has 0 bridgehead atoms. The van der Waals surface area contributed by atoms with Gasteiger partial charge in [0.2, 0.25) is 5.88 Å². The molecule has 0 radical (unpaired) electrons. The van der Waals surface area contributed by atoms with E-state index in [0.29, 0.717) is 12.5 Å². The average molecular weight is 404 g/mol. The first-order chi connectivity index (χ1) is 14.5. The number of H-pyrrole nitrogens is 1. The zero-order valence-electron chi connectivity index (χ0n) is 17.5. The number of aryl methyl sites for hydroxylation is 3. The Morgan fingerprint density at radius 2 is 1.90 bits per heavy atom. The molecule has 0 aliphatic carbocycles. The summed E-state index contributed by atoms with van der Waals surface area (Å²) in [4.78, 5) is 16.4. The van der Waals surface area contributed by atoms with Crippen LogP contribution in [0.2, 0.25) is 0 Å². The van der Waals surface area contributed by atoms with Crippen molar-refractivity contribution in [2.75, 3.05) is 7.11 Å². The summed E-state index contributed by atoms with van der Waals surface area (Å²) in [6, 6.07) is 15.7.